The highest BCUT2D eigenvalue weighted by Crippen LogP contribution is 2.26. The van der Waals surface area contributed by atoms with Gasteiger partial charge in [0.15, 0.2) is 0 Å². The molecule has 20 heavy (non-hydrogen) atoms. The lowest BCUT2D eigenvalue weighted by atomic mass is 10.2. The Morgan fingerprint density at radius 3 is 2.75 bits per heavy atom. The number of benzene rings is 1. The average molecular weight is 298 g/mol. The van der Waals surface area contributed by atoms with Crippen LogP contribution in [-0.4, -0.2) is 45.5 Å². The van der Waals surface area contributed by atoms with Gasteiger partial charge in [0.05, 0.1) is 11.5 Å². The van der Waals surface area contributed by atoms with E-state index in [0.717, 1.165) is 17.7 Å². The Hall–Kier alpha value is -1.11. The van der Waals surface area contributed by atoms with Crippen LogP contribution in [0.25, 0.3) is 0 Å². The number of nitrogens with zero attached hydrogens (tertiary/aromatic N) is 1. The van der Waals surface area contributed by atoms with Crippen molar-refractivity contribution in [2.24, 2.45) is 0 Å². The lowest BCUT2D eigenvalue weighted by Gasteiger charge is -2.17. The Balaban J connectivity index is 2.24. The van der Waals surface area contributed by atoms with Gasteiger partial charge in [0.1, 0.15) is 5.75 Å². The van der Waals surface area contributed by atoms with Gasteiger partial charge in [-0.25, -0.2) is 8.42 Å². The molecule has 0 aromatic heterocycles. The fourth-order valence-corrected chi connectivity index (χ4v) is 4.02. The summed E-state index contributed by atoms with van der Waals surface area (Å²) in [4.78, 5) is 0.343. The van der Waals surface area contributed by atoms with Crippen LogP contribution >= 0.6 is 0 Å². The van der Waals surface area contributed by atoms with Gasteiger partial charge >= 0.3 is 0 Å². The van der Waals surface area contributed by atoms with Crippen LogP contribution in [0.2, 0.25) is 0 Å². The van der Waals surface area contributed by atoms with Gasteiger partial charge in [0.25, 0.3) is 0 Å². The minimum absolute atomic E-state index is 0.244. The van der Waals surface area contributed by atoms with Gasteiger partial charge in [-0.15, -0.1) is 0 Å². The zero-order chi connectivity index (χ0) is 14.8. The van der Waals surface area contributed by atoms with Gasteiger partial charge < -0.3 is 10.1 Å². The van der Waals surface area contributed by atoms with E-state index in [1.807, 2.05) is 20.9 Å². The maximum atomic E-state index is 12.6. The molecule has 1 fully saturated rings. The fourth-order valence-electron chi connectivity index (χ4n) is 2.43. The summed E-state index contributed by atoms with van der Waals surface area (Å²) in [5.41, 5.74) is 0.845. The van der Waals surface area contributed by atoms with E-state index in [2.05, 4.69) is 5.32 Å². The number of rotatable bonds is 5. The normalized spacial score (nSPS) is 20.2. The molecule has 0 spiro atoms. The third-order valence-electron chi connectivity index (χ3n) is 3.64. The molecule has 1 aliphatic rings. The first-order chi connectivity index (χ1) is 9.48. The van der Waals surface area contributed by atoms with Crippen molar-refractivity contribution in [3.63, 3.8) is 0 Å². The third kappa shape index (κ3) is 2.97. The maximum absolute atomic E-state index is 12.6. The second-order valence-corrected chi connectivity index (χ2v) is 6.94. The lowest BCUT2D eigenvalue weighted by Crippen LogP contribution is -2.33. The molecule has 1 unspecified atom stereocenters. The molecule has 6 heteroatoms. The second-order valence-electron chi connectivity index (χ2n) is 5.00. The standard InChI is InChI=1S/C14H22N2O3S/c1-4-19-14-6-5-13(9-11(14)2)20(17,18)16-8-7-12(10-16)15-3/h5-6,9,12,15H,4,7-8,10H2,1-3H3. The van der Waals surface area contributed by atoms with E-state index in [9.17, 15) is 8.42 Å². The number of hydrogen-bond acceptors (Lipinski definition) is 4. The molecule has 112 valence electrons. The molecule has 0 amide bonds. The van der Waals surface area contributed by atoms with E-state index in [1.54, 1.807) is 22.5 Å². The van der Waals surface area contributed by atoms with Crippen molar-refractivity contribution in [3.05, 3.63) is 23.8 Å². The van der Waals surface area contributed by atoms with E-state index >= 15 is 0 Å². The molecule has 1 aromatic carbocycles. The third-order valence-corrected chi connectivity index (χ3v) is 5.50. The molecule has 1 aliphatic heterocycles. The van der Waals surface area contributed by atoms with Crippen LogP contribution in [0.15, 0.2) is 23.1 Å². The quantitative estimate of drug-likeness (QED) is 0.892. The molecule has 1 saturated heterocycles. The minimum Gasteiger partial charge on any atom is -0.494 e. The molecule has 2 rings (SSSR count). The van der Waals surface area contributed by atoms with Crippen LogP contribution in [0.1, 0.15) is 18.9 Å². The van der Waals surface area contributed by atoms with E-state index in [-0.39, 0.29) is 6.04 Å². The maximum Gasteiger partial charge on any atom is 0.243 e. The summed E-state index contributed by atoms with van der Waals surface area (Å²) in [6.45, 7) is 5.45. The molecule has 0 saturated carbocycles. The SMILES string of the molecule is CCOc1ccc(S(=O)(=O)N2CCC(NC)C2)cc1C. The first-order valence-corrected chi connectivity index (χ1v) is 8.34. The van der Waals surface area contributed by atoms with Crippen molar-refractivity contribution in [1.29, 1.82) is 0 Å². The van der Waals surface area contributed by atoms with Gasteiger partial charge in [-0.1, -0.05) is 0 Å². The van der Waals surface area contributed by atoms with Gasteiger partial charge in [-0.05, 0) is 51.1 Å². The smallest absolute Gasteiger partial charge is 0.243 e. The Morgan fingerprint density at radius 2 is 2.20 bits per heavy atom. The monoisotopic (exact) mass is 298 g/mol. The van der Waals surface area contributed by atoms with Crippen molar-refractivity contribution >= 4 is 10.0 Å². The topological polar surface area (TPSA) is 58.6 Å². The Bertz CT molecular complexity index is 572. The molecular weight excluding hydrogens is 276 g/mol. The largest absolute Gasteiger partial charge is 0.494 e. The Morgan fingerprint density at radius 1 is 1.45 bits per heavy atom. The fraction of sp³-hybridized carbons (Fsp3) is 0.571. The second kappa shape index (κ2) is 6.11. The molecule has 0 aliphatic carbocycles. The zero-order valence-corrected chi connectivity index (χ0v) is 13.0. The number of likely N-dealkylation sites (N-methyl/N-ethyl adjacent to an activating group) is 1. The summed E-state index contributed by atoms with van der Waals surface area (Å²) in [5, 5.41) is 3.13. The van der Waals surface area contributed by atoms with E-state index in [4.69, 9.17) is 4.74 Å². The van der Waals surface area contributed by atoms with Gasteiger partial charge in [0, 0.05) is 19.1 Å². The van der Waals surface area contributed by atoms with Crippen molar-refractivity contribution in [2.75, 3.05) is 26.7 Å². The molecule has 1 N–H and O–H groups in total. The van der Waals surface area contributed by atoms with E-state index in [1.165, 1.54) is 0 Å². The van der Waals surface area contributed by atoms with Crippen molar-refractivity contribution in [1.82, 2.24) is 9.62 Å². The summed E-state index contributed by atoms with van der Waals surface area (Å²) in [7, 11) is -1.54. The first-order valence-electron chi connectivity index (χ1n) is 6.90. The van der Waals surface area contributed by atoms with E-state index in [0.29, 0.717) is 24.6 Å². The molecule has 0 radical (unpaired) electrons. The van der Waals surface area contributed by atoms with Crippen LogP contribution in [0.3, 0.4) is 0 Å². The number of aryl methyl sites for hydroxylation is 1. The van der Waals surface area contributed by atoms with Crippen LogP contribution in [-0.2, 0) is 10.0 Å². The lowest BCUT2D eigenvalue weighted by molar-refractivity contribution is 0.337. The predicted molar refractivity (Wildman–Crippen MR) is 78.6 cm³/mol. The highest BCUT2D eigenvalue weighted by molar-refractivity contribution is 7.89. The molecular formula is C14H22N2O3S. The number of hydrogen-bond donors (Lipinski definition) is 1. The Labute approximate surface area is 121 Å². The number of ether oxygens (including phenoxy) is 1. The molecule has 1 heterocycles. The van der Waals surface area contributed by atoms with Gasteiger partial charge in [-0.2, -0.15) is 4.31 Å². The molecule has 5 nitrogen and oxygen atoms in total. The summed E-state index contributed by atoms with van der Waals surface area (Å²) in [6, 6.07) is 5.29. The zero-order valence-electron chi connectivity index (χ0n) is 12.2. The van der Waals surface area contributed by atoms with Gasteiger partial charge in [-0.3, -0.25) is 0 Å². The van der Waals surface area contributed by atoms with Crippen molar-refractivity contribution in [2.45, 2.75) is 31.2 Å². The Kier molecular flexibility index (Phi) is 4.67. The minimum atomic E-state index is -3.40. The molecule has 1 aromatic rings. The highest BCUT2D eigenvalue weighted by Gasteiger charge is 2.31. The predicted octanol–water partition coefficient (Wildman–Crippen LogP) is 1.38. The van der Waals surface area contributed by atoms with Gasteiger partial charge in [0.2, 0.25) is 10.0 Å². The average Bonchev–Trinajstić information content (AvgIpc) is 2.90. The van der Waals surface area contributed by atoms with Crippen LogP contribution in [0.5, 0.6) is 5.75 Å². The summed E-state index contributed by atoms with van der Waals surface area (Å²) in [6.07, 6.45) is 0.853. The summed E-state index contributed by atoms with van der Waals surface area (Å²) in [5.74, 6) is 0.737. The number of sulfonamides is 1. The van der Waals surface area contributed by atoms with Crippen LogP contribution < -0.4 is 10.1 Å². The first kappa shape index (κ1) is 15.3. The van der Waals surface area contributed by atoms with Crippen molar-refractivity contribution in [3.8, 4) is 5.75 Å². The van der Waals surface area contributed by atoms with E-state index < -0.39 is 10.0 Å². The summed E-state index contributed by atoms with van der Waals surface area (Å²) < 4.78 is 32.1. The molecule has 0 bridgehead atoms. The number of nitrogens with one attached hydrogen (secondary N) is 1. The van der Waals surface area contributed by atoms with Crippen LogP contribution in [0.4, 0.5) is 0 Å². The summed E-state index contributed by atoms with van der Waals surface area (Å²) >= 11 is 0. The highest BCUT2D eigenvalue weighted by atomic mass is 32.2. The van der Waals surface area contributed by atoms with Crippen LogP contribution in [0, 0.1) is 6.92 Å². The molecule has 1 atom stereocenters. The van der Waals surface area contributed by atoms with Crippen molar-refractivity contribution < 1.29 is 13.2 Å².